The first-order valence-electron chi connectivity index (χ1n) is 9.51. The van der Waals surface area contributed by atoms with Gasteiger partial charge in [0.25, 0.3) is 12.6 Å². The summed E-state index contributed by atoms with van der Waals surface area (Å²) in [6, 6.07) is 13.8. The second-order valence-corrected chi connectivity index (χ2v) is 7.54. The van der Waals surface area contributed by atoms with Gasteiger partial charge in [0, 0.05) is 24.3 Å². The molecule has 0 bridgehead atoms. The molecular formula is C23H22O8. The van der Waals surface area contributed by atoms with E-state index in [1.54, 1.807) is 26.8 Å². The Morgan fingerprint density at radius 3 is 2.06 bits per heavy atom. The van der Waals surface area contributed by atoms with Crippen LogP contribution in [0.2, 0.25) is 0 Å². The van der Waals surface area contributed by atoms with Gasteiger partial charge in [-0.1, -0.05) is 30.3 Å². The van der Waals surface area contributed by atoms with Crippen LogP contribution in [0.3, 0.4) is 0 Å². The molecule has 0 saturated heterocycles. The predicted molar refractivity (Wildman–Crippen MR) is 110 cm³/mol. The van der Waals surface area contributed by atoms with Gasteiger partial charge in [0.15, 0.2) is 0 Å². The van der Waals surface area contributed by atoms with Crippen molar-refractivity contribution in [1.82, 2.24) is 0 Å². The second kappa shape index (κ2) is 9.34. The minimum atomic E-state index is -0.961. The van der Waals surface area contributed by atoms with E-state index in [0.717, 1.165) is 10.8 Å². The van der Waals surface area contributed by atoms with Crippen molar-refractivity contribution in [2.24, 2.45) is 0 Å². The third kappa shape index (κ3) is 6.88. The molecule has 0 amide bonds. The normalized spacial score (nSPS) is 19.3. The minimum absolute atomic E-state index is 0.365. The van der Waals surface area contributed by atoms with Crippen LogP contribution in [-0.4, -0.2) is 36.3 Å². The lowest BCUT2D eigenvalue weighted by atomic mass is 10.1. The highest BCUT2D eigenvalue weighted by Crippen LogP contribution is 2.22. The summed E-state index contributed by atoms with van der Waals surface area (Å²) in [5, 5.41) is 2.25. The molecule has 2 aromatic rings. The zero-order valence-corrected chi connectivity index (χ0v) is 17.3. The van der Waals surface area contributed by atoms with Crippen LogP contribution in [0.4, 0.5) is 4.79 Å². The Morgan fingerprint density at radius 2 is 1.48 bits per heavy atom. The predicted octanol–water partition coefficient (Wildman–Crippen LogP) is 4.03. The van der Waals surface area contributed by atoms with E-state index in [1.165, 1.54) is 18.2 Å². The van der Waals surface area contributed by atoms with E-state index in [-0.39, 0.29) is 5.97 Å². The van der Waals surface area contributed by atoms with Gasteiger partial charge in [0.05, 0.1) is 0 Å². The molecule has 2 aromatic carbocycles. The van der Waals surface area contributed by atoms with Crippen LogP contribution in [0.5, 0.6) is 5.75 Å². The van der Waals surface area contributed by atoms with E-state index >= 15 is 0 Å². The molecule has 0 N–H and O–H groups in total. The Labute approximate surface area is 179 Å². The maximum absolute atomic E-state index is 11.1. The van der Waals surface area contributed by atoms with Crippen molar-refractivity contribution in [3.63, 3.8) is 0 Å². The van der Waals surface area contributed by atoms with Crippen LogP contribution in [0, 0.1) is 0 Å². The first-order chi connectivity index (χ1) is 14.7. The third-order valence-corrected chi connectivity index (χ3v) is 3.82. The number of fused-ring (bicyclic) bond motifs is 1. The van der Waals surface area contributed by atoms with E-state index < -0.39 is 30.3 Å². The minimum Gasteiger partial charge on any atom is -0.451 e. The standard InChI is InChI=1S/C14H10O3.C9H12O5/c15-13-7-8-14(17-13)16-12-6-5-10-3-1-2-4-11(10)9-12;1-9(2,3)14-8(11)13-7-5-4-6(10)12-7/h1-9,14H;4-5,7H,1-3H3/t14-;/m0./s1. The number of esters is 2. The molecule has 31 heavy (non-hydrogen) atoms. The fourth-order valence-corrected chi connectivity index (χ4v) is 2.57. The summed E-state index contributed by atoms with van der Waals surface area (Å²) in [6.07, 6.45) is 3.06. The molecule has 0 radical (unpaired) electrons. The number of benzene rings is 2. The van der Waals surface area contributed by atoms with Crippen molar-refractivity contribution in [2.45, 2.75) is 39.0 Å². The third-order valence-electron chi connectivity index (χ3n) is 3.82. The SMILES string of the molecule is CC(C)(C)OC(=O)OC1C=CC(=O)O1.O=C1C=C[C@@H](Oc2ccc3ccccc3c2)O1. The van der Waals surface area contributed by atoms with Crippen LogP contribution in [0.1, 0.15) is 20.8 Å². The molecule has 0 spiro atoms. The molecule has 2 aliphatic heterocycles. The summed E-state index contributed by atoms with van der Waals surface area (Å²) in [4.78, 5) is 32.5. The van der Waals surface area contributed by atoms with Crippen molar-refractivity contribution in [1.29, 1.82) is 0 Å². The molecule has 162 valence electrons. The van der Waals surface area contributed by atoms with Crippen molar-refractivity contribution in [3.05, 3.63) is 66.8 Å². The summed E-state index contributed by atoms with van der Waals surface area (Å²) < 4.78 is 24.5. The summed E-state index contributed by atoms with van der Waals surface area (Å²) in [7, 11) is 0. The molecule has 8 heteroatoms. The van der Waals surface area contributed by atoms with Gasteiger partial charge in [-0.2, -0.15) is 0 Å². The number of carbonyl (C=O) groups is 3. The van der Waals surface area contributed by atoms with Gasteiger partial charge in [-0.3, -0.25) is 0 Å². The van der Waals surface area contributed by atoms with Crippen molar-refractivity contribution < 1.29 is 38.1 Å². The van der Waals surface area contributed by atoms with E-state index in [4.69, 9.17) is 14.2 Å². The number of ether oxygens (including phenoxy) is 5. The molecule has 8 nitrogen and oxygen atoms in total. The molecule has 4 rings (SSSR count). The van der Waals surface area contributed by atoms with Crippen LogP contribution in [0.25, 0.3) is 10.8 Å². The quantitative estimate of drug-likeness (QED) is 0.536. The van der Waals surface area contributed by atoms with Gasteiger partial charge in [-0.05, 0) is 43.7 Å². The lowest BCUT2D eigenvalue weighted by Crippen LogP contribution is -2.27. The zero-order chi connectivity index (χ0) is 22.4. The molecule has 2 aliphatic rings. The monoisotopic (exact) mass is 426 g/mol. The van der Waals surface area contributed by atoms with Gasteiger partial charge in [0.2, 0.25) is 0 Å². The molecule has 0 fully saturated rings. The average Bonchev–Trinajstić information content (AvgIpc) is 3.28. The van der Waals surface area contributed by atoms with Crippen molar-refractivity contribution in [3.8, 4) is 5.75 Å². The summed E-state index contributed by atoms with van der Waals surface area (Å²) in [5.41, 5.74) is -0.622. The highest BCUT2D eigenvalue weighted by Gasteiger charge is 2.24. The maximum Gasteiger partial charge on any atom is 0.512 e. The van der Waals surface area contributed by atoms with Crippen LogP contribution >= 0.6 is 0 Å². The van der Waals surface area contributed by atoms with Gasteiger partial charge in [-0.15, -0.1) is 0 Å². The van der Waals surface area contributed by atoms with Gasteiger partial charge >= 0.3 is 18.1 Å². The summed E-state index contributed by atoms with van der Waals surface area (Å²) in [6.45, 7) is 5.14. The average molecular weight is 426 g/mol. The molecule has 1 unspecified atom stereocenters. The fourth-order valence-electron chi connectivity index (χ4n) is 2.57. The number of hydrogen-bond acceptors (Lipinski definition) is 8. The highest BCUT2D eigenvalue weighted by atomic mass is 16.8. The maximum atomic E-state index is 11.1. The van der Waals surface area contributed by atoms with E-state index in [2.05, 4.69) is 9.47 Å². The Kier molecular flexibility index (Phi) is 6.59. The largest absolute Gasteiger partial charge is 0.512 e. The topological polar surface area (TPSA) is 97.4 Å². The summed E-state index contributed by atoms with van der Waals surface area (Å²) >= 11 is 0. The number of hydrogen-bond donors (Lipinski definition) is 0. The van der Waals surface area contributed by atoms with E-state index in [9.17, 15) is 14.4 Å². The Hall–Kier alpha value is -3.81. The lowest BCUT2D eigenvalue weighted by molar-refractivity contribution is -0.154. The molecule has 2 heterocycles. The second-order valence-electron chi connectivity index (χ2n) is 7.54. The summed E-state index contributed by atoms with van der Waals surface area (Å²) in [5.74, 6) is -0.206. The van der Waals surface area contributed by atoms with Gasteiger partial charge < -0.3 is 23.7 Å². The van der Waals surface area contributed by atoms with Gasteiger partial charge in [0.1, 0.15) is 11.4 Å². The Bertz CT molecular complexity index is 1030. The molecule has 0 aliphatic carbocycles. The Balaban J connectivity index is 0.000000180. The lowest BCUT2D eigenvalue weighted by Gasteiger charge is -2.19. The first kappa shape index (κ1) is 21.9. The molecule has 2 atom stereocenters. The zero-order valence-electron chi connectivity index (χ0n) is 17.3. The number of cyclic esters (lactones) is 2. The molecular weight excluding hydrogens is 404 g/mol. The molecule has 0 saturated carbocycles. The number of carbonyl (C=O) groups excluding carboxylic acids is 3. The fraction of sp³-hybridized carbons (Fsp3) is 0.261. The molecule has 0 aromatic heterocycles. The Morgan fingerprint density at radius 1 is 0.871 bits per heavy atom. The van der Waals surface area contributed by atoms with Gasteiger partial charge in [-0.25, -0.2) is 14.4 Å². The highest BCUT2D eigenvalue weighted by molar-refractivity contribution is 5.85. The van der Waals surface area contributed by atoms with Crippen LogP contribution < -0.4 is 4.74 Å². The van der Waals surface area contributed by atoms with Crippen molar-refractivity contribution in [2.75, 3.05) is 0 Å². The smallest absolute Gasteiger partial charge is 0.451 e. The van der Waals surface area contributed by atoms with E-state index in [1.807, 2.05) is 42.5 Å². The number of rotatable bonds is 3. The van der Waals surface area contributed by atoms with Crippen LogP contribution in [-0.2, 0) is 28.5 Å². The van der Waals surface area contributed by atoms with Crippen LogP contribution in [0.15, 0.2) is 66.8 Å². The van der Waals surface area contributed by atoms with E-state index in [0.29, 0.717) is 5.75 Å². The van der Waals surface area contributed by atoms with Crippen molar-refractivity contribution >= 4 is 28.9 Å². The first-order valence-corrected chi connectivity index (χ1v) is 9.51.